The standard InChI is InChI=1S/C34H41ClFN5O2.C2H2/c1-23(2)38-39-25(4)21-41(33-19-28(26(5)42)10-9-24(33)3)18-17-40-15-13-27(14-16-40)32-7-6-8-34(37-32)43-22-29-11-12-30(35)20-31(29)36;1-2/h6-12,19-20,27,39H,4,13-18,21-22H2,1-3,5H3;1-2H. The molecule has 0 amide bonds. The molecule has 9 heteroatoms. The number of pyridine rings is 1. The molecule has 1 saturated heterocycles. The van der Waals surface area contributed by atoms with Gasteiger partial charge in [0.15, 0.2) is 5.78 Å². The number of nitrogens with zero attached hydrogens (tertiary/aromatic N) is 4. The molecular weight excluding hydrogens is 589 g/mol. The second-order valence-corrected chi connectivity index (χ2v) is 11.7. The smallest absolute Gasteiger partial charge is 0.213 e. The van der Waals surface area contributed by atoms with Crippen LogP contribution in [0.4, 0.5) is 10.1 Å². The van der Waals surface area contributed by atoms with Crippen LogP contribution >= 0.6 is 11.6 Å². The van der Waals surface area contributed by atoms with E-state index in [1.807, 2.05) is 44.2 Å². The minimum Gasteiger partial charge on any atom is -0.473 e. The maximum atomic E-state index is 14.1. The van der Waals surface area contributed by atoms with Crippen molar-refractivity contribution in [3.05, 3.63) is 100 Å². The maximum Gasteiger partial charge on any atom is 0.213 e. The van der Waals surface area contributed by atoms with E-state index in [9.17, 15) is 9.18 Å². The summed E-state index contributed by atoms with van der Waals surface area (Å²) in [6.07, 6.45) is 9.97. The maximum absolute atomic E-state index is 14.1. The summed E-state index contributed by atoms with van der Waals surface area (Å²) < 4.78 is 20.0. The van der Waals surface area contributed by atoms with E-state index in [2.05, 4.69) is 46.7 Å². The number of carbonyl (C=O) groups excluding carboxylic acids is 1. The lowest BCUT2D eigenvalue weighted by Gasteiger charge is -2.34. The third-order valence-electron chi connectivity index (χ3n) is 7.60. The average molecular weight is 632 g/mol. The van der Waals surface area contributed by atoms with Gasteiger partial charge in [0, 0.05) is 64.0 Å². The Morgan fingerprint density at radius 1 is 1.16 bits per heavy atom. The van der Waals surface area contributed by atoms with E-state index in [1.54, 1.807) is 25.1 Å². The average Bonchev–Trinajstić information content (AvgIpc) is 3.03. The van der Waals surface area contributed by atoms with E-state index >= 15 is 0 Å². The van der Waals surface area contributed by atoms with Crippen LogP contribution in [0.3, 0.4) is 0 Å². The first-order valence-corrected chi connectivity index (χ1v) is 15.4. The van der Waals surface area contributed by atoms with Crippen LogP contribution in [0, 0.1) is 25.6 Å². The molecule has 0 radical (unpaired) electrons. The fraction of sp³-hybridized carbons (Fsp3) is 0.361. The Bertz CT molecular complexity index is 1510. The summed E-state index contributed by atoms with van der Waals surface area (Å²) in [6.45, 7) is 15.9. The lowest BCUT2D eigenvalue weighted by atomic mass is 9.93. The number of piperidine rings is 1. The molecule has 0 aliphatic carbocycles. The molecule has 0 unspecified atom stereocenters. The number of Topliss-reactive ketones (excluding diaryl/α,β-unsaturated/α-hetero) is 1. The Morgan fingerprint density at radius 3 is 2.56 bits per heavy atom. The Labute approximate surface area is 272 Å². The number of carbonyl (C=O) groups is 1. The predicted octanol–water partition coefficient (Wildman–Crippen LogP) is 7.40. The number of hydrogen-bond acceptors (Lipinski definition) is 7. The van der Waals surface area contributed by atoms with Gasteiger partial charge in [-0.15, -0.1) is 12.8 Å². The predicted molar refractivity (Wildman–Crippen MR) is 183 cm³/mol. The number of hydrogen-bond donors (Lipinski definition) is 1. The molecule has 1 aromatic heterocycles. The highest BCUT2D eigenvalue weighted by Crippen LogP contribution is 2.29. The molecule has 0 saturated carbocycles. The van der Waals surface area contributed by atoms with E-state index < -0.39 is 0 Å². The lowest BCUT2D eigenvalue weighted by Crippen LogP contribution is -2.41. The molecule has 2 aromatic carbocycles. The number of anilines is 1. The van der Waals surface area contributed by atoms with Crippen molar-refractivity contribution in [1.29, 1.82) is 0 Å². The van der Waals surface area contributed by atoms with Gasteiger partial charge in [0.25, 0.3) is 0 Å². The van der Waals surface area contributed by atoms with Crippen LogP contribution < -0.4 is 15.1 Å². The minimum atomic E-state index is -0.388. The highest BCUT2D eigenvalue weighted by molar-refractivity contribution is 6.30. The Kier molecular flexibility index (Phi) is 13.6. The van der Waals surface area contributed by atoms with Crippen molar-refractivity contribution < 1.29 is 13.9 Å². The van der Waals surface area contributed by atoms with Crippen molar-refractivity contribution in [2.24, 2.45) is 5.10 Å². The van der Waals surface area contributed by atoms with E-state index in [1.165, 1.54) is 6.07 Å². The van der Waals surface area contributed by atoms with Crippen LogP contribution in [0.15, 0.2) is 72.0 Å². The van der Waals surface area contributed by atoms with E-state index in [-0.39, 0.29) is 18.2 Å². The molecule has 45 heavy (non-hydrogen) atoms. The summed E-state index contributed by atoms with van der Waals surface area (Å²) in [5, 5.41) is 4.66. The first kappa shape index (κ1) is 35.3. The highest BCUT2D eigenvalue weighted by Gasteiger charge is 2.23. The molecule has 3 aromatic rings. The number of nitrogens with one attached hydrogen (secondary N) is 1. The first-order chi connectivity index (χ1) is 21.6. The van der Waals surface area contributed by atoms with Crippen molar-refractivity contribution in [1.82, 2.24) is 15.3 Å². The Morgan fingerprint density at radius 2 is 1.89 bits per heavy atom. The van der Waals surface area contributed by atoms with Gasteiger partial charge in [-0.3, -0.25) is 10.2 Å². The molecule has 0 spiro atoms. The van der Waals surface area contributed by atoms with Crippen molar-refractivity contribution >= 4 is 28.8 Å². The lowest BCUT2D eigenvalue weighted by molar-refractivity contribution is 0.101. The zero-order chi connectivity index (χ0) is 32.9. The van der Waals surface area contributed by atoms with Crippen molar-refractivity contribution in [3.8, 4) is 18.7 Å². The summed E-state index contributed by atoms with van der Waals surface area (Å²) >= 11 is 5.86. The second-order valence-electron chi connectivity index (χ2n) is 11.3. The van der Waals surface area contributed by atoms with Crippen molar-refractivity contribution in [2.75, 3.05) is 37.6 Å². The fourth-order valence-corrected chi connectivity index (χ4v) is 5.31. The summed E-state index contributed by atoms with van der Waals surface area (Å²) in [6, 6.07) is 16.2. The number of ether oxygens (including phenoxy) is 1. The molecular formula is C36H43ClFN5O2. The molecule has 1 aliphatic heterocycles. The molecule has 238 valence electrons. The molecule has 4 rings (SSSR count). The molecule has 0 bridgehead atoms. The monoisotopic (exact) mass is 631 g/mol. The molecule has 7 nitrogen and oxygen atoms in total. The summed E-state index contributed by atoms with van der Waals surface area (Å²) in [5.74, 6) is 0.481. The van der Waals surface area contributed by atoms with Gasteiger partial charge in [0.05, 0.1) is 6.54 Å². The number of halogens is 2. The van der Waals surface area contributed by atoms with Crippen LogP contribution in [-0.2, 0) is 6.61 Å². The number of likely N-dealkylation sites (tertiary alicyclic amines) is 1. The molecule has 1 N–H and O–H groups in total. The zero-order valence-electron chi connectivity index (χ0n) is 26.7. The van der Waals surface area contributed by atoms with E-state index in [0.717, 1.165) is 67.4 Å². The molecule has 1 fully saturated rings. The third-order valence-corrected chi connectivity index (χ3v) is 7.84. The number of aryl methyl sites for hydroxylation is 1. The Balaban J connectivity index is 0.00000271. The SMILES string of the molecule is C#C.C=C(CN(CCN1CCC(c2cccc(OCc3ccc(Cl)cc3F)n2)CC1)c1cc(C(C)=O)ccc1C)NN=C(C)C. The number of rotatable bonds is 13. The van der Waals surface area contributed by atoms with E-state index in [4.69, 9.17) is 21.3 Å². The summed E-state index contributed by atoms with van der Waals surface area (Å²) in [4.78, 5) is 21.6. The molecule has 2 heterocycles. The van der Waals surface area contributed by atoms with Gasteiger partial charge in [-0.05, 0) is 83.5 Å². The normalized spacial score (nSPS) is 13.2. The third kappa shape index (κ3) is 10.7. The highest BCUT2D eigenvalue weighted by atomic mass is 35.5. The first-order valence-electron chi connectivity index (χ1n) is 15.0. The summed E-state index contributed by atoms with van der Waals surface area (Å²) in [7, 11) is 0. The number of terminal acetylenes is 1. The summed E-state index contributed by atoms with van der Waals surface area (Å²) in [5.41, 5.74) is 9.05. The number of benzene rings is 2. The topological polar surface area (TPSA) is 70.1 Å². The van der Waals surface area contributed by atoms with Gasteiger partial charge in [-0.1, -0.05) is 42.4 Å². The van der Waals surface area contributed by atoms with Crippen molar-refractivity contribution in [3.63, 3.8) is 0 Å². The van der Waals surface area contributed by atoms with Crippen LogP contribution in [0.5, 0.6) is 5.88 Å². The van der Waals surface area contributed by atoms with Gasteiger partial charge in [-0.2, -0.15) is 5.10 Å². The number of ketones is 1. The zero-order valence-corrected chi connectivity index (χ0v) is 27.4. The fourth-order valence-electron chi connectivity index (χ4n) is 5.15. The second kappa shape index (κ2) is 17.3. The molecule has 0 atom stereocenters. The Hall–Kier alpha value is -4.19. The largest absolute Gasteiger partial charge is 0.473 e. The van der Waals surface area contributed by atoms with Crippen LogP contribution in [0.1, 0.15) is 66.7 Å². The van der Waals surface area contributed by atoms with Crippen LogP contribution in [-0.4, -0.2) is 54.1 Å². The van der Waals surface area contributed by atoms with Crippen LogP contribution in [0.25, 0.3) is 0 Å². The van der Waals surface area contributed by atoms with Gasteiger partial charge < -0.3 is 14.5 Å². The number of hydrazone groups is 1. The minimum absolute atomic E-state index is 0.0478. The van der Waals surface area contributed by atoms with Crippen molar-refractivity contribution in [2.45, 2.75) is 53.1 Å². The van der Waals surface area contributed by atoms with Crippen LogP contribution in [0.2, 0.25) is 5.02 Å². The molecule has 1 aliphatic rings. The van der Waals surface area contributed by atoms with Gasteiger partial charge >= 0.3 is 0 Å². The van der Waals surface area contributed by atoms with Gasteiger partial charge in [0.2, 0.25) is 5.88 Å². The van der Waals surface area contributed by atoms with Gasteiger partial charge in [-0.25, -0.2) is 9.37 Å². The quantitative estimate of drug-likeness (QED) is 0.0918. The van der Waals surface area contributed by atoms with E-state index in [0.29, 0.717) is 34.5 Å². The van der Waals surface area contributed by atoms with Gasteiger partial charge in [0.1, 0.15) is 12.4 Å². The number of aromatic nitrogens is 1.